The fraction of sp³-hybridized carbons (Fsp3) is 0.296. The van der Waals surface area contributed by atoms with Gasteiger partial charge in [-0.1, -0.05) is 13.0 Å². The minimum absolute atomic E-state index is 0.148. The Morgan fingerprint density at radius 3 is 2.44 bits per heavy atom. The van der Waals surface area contributed by atoms with Crippen molar-refractivity contribution >= 4 is 47.7 Å². The molecule has 5 N–H and O–H groups in total. The SMILES string of the molecule is CCCNC(=O)c1c[nH]c(C(=NC=N)N(C(=O)OCOC(=O)/C=C/C(=O)O)c2cc(C(=O)NCC)ccc2C)c1C. The number of nitrogens with one attached hydrogen (secondary N) is 4. The number of carboxylic acid groups (broad SMARTS) is 1. The summed E-state index contributed by atoms with van der Waals surface area (Å²) in [6, 6.07) is 4.59. The van der Waals surface area contributed by atoms with Gasteiger partial charge < -0.3 is 30.2 Å². The first-order valence-corrected chi connectivity index (χ1v) is 12.5. The van der Waals surface area contributed by atoms with Crippen molar-refractivity contribution < 1.29 is 38.6 Å². The molecule has 14 nitrogen and oxygen atoms in total. The number of amidine groups is 1. The van der Waals surface area contributed by atoms with Crippen LogP contribution in [-0.4, -0.2) is 72.0 Å². The van der Waals surface area contributed by atoms with E-state index < -0.39 is 30.7 Å². The van der Waals surface area contributed by atoms with E-state index >= 15 is 0 Å². The molecule has 0 aliphatic heterocycles. The molecule has 0 aliphatic carbocycles. The fourth-order valence-electron chi connectivity index (χ4n) is 3.54. The third kappa shape index (κ3) is 8.61. The number of aliphatic imine (C=N–C) groups is 1. The number of aromatic nitrogens is 1. The lowest BCUT2D eigenvalue weighted by Crippen LogP contribution is -2.40. The van der Waals surface area contributed by atoms with Gasteiger partial charge in [-0.05, 0) is 50.5 Å². The summed E-state index contributed by atoms with van der Waals surface area (Å²) in [5, 5.41) is 21.7. The molecule has 0 bridgehead atoms. The maximum absolute atomic E-state index is 13.5. The summed E-state index contributed by atoms with van der Waals surface area (Å²) >= 11 is 0. The number of aliphatic carboxylic acids is 1. The lowest BCUT2D eigenvalue weighted by molar-refractivity contribution is -0.146. The van der Waals surface area contributed by atoms with Crippen LogP contribution in [-0.2, 0) is 19.1 Å². The first-order chi connectivity index (χ1) is 19.5. The largest absolute Gasteiger partial charge is 0.478 e. The predicted octanol–water partition coefficient (Wildman–Crippen LogP) is 2.66. The van der Waals surface area contributed by atoms with Gasteiger partial charge in [0.15, 0.2) is 5.84 Å². The van der Waals surface area contributed by atoms with Crippen LogP contribution >= 0.6 is 0 Å². The first kappa shape index (κ1) is 31.9. The number of esters is 1. The Balaban J connectivity index is 2.59. The van der Waals surface area contributed by atoms with Crippen LogP contribution in [0.3, 0.4) is 0 Å². The number of carboxylic acids is 1. The molecule has 1 heterocycles. The van der Waals surface area contributed by atoms with Gasteiger partial charge in [0, 0.05) is 37.0 Å². The molecule has 2 rings (SSSR count). The summed E-state index contributed by atoms with van der Waals surface area (Å²) in [5.41, 5.74) is 1.79. The Labute approximate surface area is 235 Å². The average Bonchev–Trinajstić information content (AvgIpc) is 3.32. The van der Waals surface area contributed by atoms with Crippen LogP contribution in [0.2, 0.25) is 0 Å². The zero-order chi connectivity index (χ0) is 30.5. The zero-order valence-electron chi connectivity index (χ0n) is 23.1. The third-order valence-corrected chi connectivity index (χ3v) is 5.52. The number of aromatic amines is 1. The number of benzene rings is 1. The molecular weight excluding hydrogens is 536 g/mol. The van der Waals surface area contributed by atoms with E-state index in [2.05, 4.69) is 20.6 Å². The van der Waals surface area contributed by atoms with E-state index in [9.17, 15) is 24.0 Å². The van der Waals surface area contributed by atoms with Gasteiger partial charge in [0.25, 0.3) is 11.8 Å². The highest BCUT2D eigenvalue weighted by molar-refractivity contribution is 6.24. The summed E-state index contributed by atoms with van der Waals surface area (Å²) in [4.78, 5) is 69.0. The van der Waals surface area contributed by atoms with Gasteiger partial charge in [-0.25, -0.2) is 24.3 Å². The van der Waals surface area contributed by atoms with Gasteiger partial charge >= 0.3 is 18.0 Å². The number of hydrogen-bond donors (Lipinski definition) is 5. The Hall–Kier alpha value is -5.27. The molecule has 218 valence electrons. The van der Waals surface area contributed by atoms with Crippen molar-refractivity contribution in [2.45, 2.75) is 34.1 Å². The van der Waals surface area contributed by atoms with Gasteiger partial charge in [-0.3, -0.25) is 15.0 Å². The summed E-state index contributed by atoms with van der Waals surface area (Å²) in [7, 11) is 0. The number of aryl methyl sites for hydroxylation is 1. The van der Waals surface area contributed by atoms with Crippen LogP contribution in [0.4, 0.5) is 10.5 Å². The second kappa shape index (κ2) is 15.4. The summed E-state index contributed by atoms with van der Waals surface area (Å²) in [6.07, 6.45) is 2.94. The maximum Gasteiger partial charge on any atom is 0.423 e. The molecule has 3 amide bonds. The minimum Gasteiger partial charge on any atom is -0.478 e. The van der Waals surface area contributed by atoms with E-state index in [0.29, 0.717) is 42.7 Å². The second-order valence-electron chi connectivity index (χ2n) is 8.40. The Morgan fingerprint density at radius 1 is 1.07 bits per heavy atom. The van der Waals surface area contributed by atoms with Crippen LogP contribution in [0.5, 0.6) is 0 Å². The van der Waals surface area contributed by atoms with Crippen LogP contribution < -0.4 is 15.5 Å². The van der Waals surface area contributed by atoms with Crippen LogP contribution in [0.15, 0.2) is 41.5 Å². The fourth-order valence-corrected chi connectivity index (χ4v) is 3.54. The van der Waals surface area contributed by atoms with Crippen LogP contribution in [0.25, 0.3) is 0 Å². The van der Waals surface area contributed by atoms with E-state index in [1.165, 1.54) is 12.3 Å². The standard InChI is InChI=1S/C27H32N6O8/c1-5-11-30-26(38)19-13-31-23(17(19)4)24(32-14-28)33(27(39)41-15-40-22(36)10-9-21(34)35)20-12-18(8-7-16(20)3)25(37)29-6-2/h7-10,12-14,28,31H,5-6,11,15H2,1-4H3,(H,29,37)(H,30,38)(H,34,35)/b10-9+,28-14?,32-24?. The van der Waals surface area contributed by atoms with Crippen molar-refractivity contribution in [3.63, 3.8) is 0 Å². The molecule has 0 atom stereocenters. The number of anilines is 1. The van der Waals surface area contributed by atoms with Crippen molar-refractivity contribution in [3.8, 4) is 0 Å². The lowest BCUT2D eigenvalue weighted by Gasteiger charge is -2.25. The number of carbonyl (C=O) groups excluding carboxylic acids is 4. The van der Waals surface area contributed by atoms with Crippen LogP contribution in [0.1, 0.15) is 57.8 Å². The number of ether oxygens (including phenoxy) is 2. The van der Waals surface area contributed by atoms with Gasteiger partial charge in [-0.2, -0.15) is 0 Å². The molecule has 0 radical (unpaired) electrons. The lowest BCUT2D eigenvalue weighted by atomic mass is 10.1. The van der Waals surface area contributed by atoms with E-state index in [1.54, 1.807) is 32.9 Å². The van der Waals surface area contributed by atoms with Gasteiger partial charge in [-0.15, -0.1) is 0 Å². The minimum atomic E-state index is -1.37. The molecule has 0 aliphatic rings. The highest BCUT2D eigenvalue weighted by atomic mass is 16.7. The zero-order valence-corrected chi connectivity index (χ0v) is 23.1. The van der Waals surface area contributed by atoms with E-state index in [4.69, 9.17) is 20.0 Å². The maximum atomic E-state index is 13.5. The Morgan fingerprint density at radius 2 is 1.80 bits per heavy atom. The molecule has 1 aromatic heterocycles. The van der Waals surface area contributed by atoms with Gasteiger partial charge in [0.1, 0.15) is 6.34 Å². The quantitative estimate of drug-likeness (QED) is 0.0844. The third-order valence-electron chi connectivity index (χ3n) is 5.52. The summed E-state index contributed by atoms with van der Waals surface area (Å²) < 4.78 is 9.90. The van der Waals surface area contributed by atoms with E-state index in [0.717, 1.165) is 11.3 Å². The summed E-state index contributed by atoms with van der Waals surface area (Å²) in [5.74, 6) is -3.35. The smallest absolute Gasteiger partial charge is 0.423 e. The van der Waals surface area contributed by atoms with Crippen LogP contribution in [0, 0.1) is 19.3 Å². The molecule has 0 saturated carbocycles. The number of H-pyrrole nitrogens is 1. The Bertz CT molecular complexity index is 1380. The number of nitrogens with zero attached hydrogens (tertiary/aromatic N) is 2. The van der Waals surface area contributed by atoms with Crippen molar-refractivity contribution in [1.82, 2.24) is 15.6 Å². The topological polar surface area (TPSA) is 203 Å². The highest BCUT2D eigenvalue weighted by Crippen LogP contribution is 2.27. The molecule has 0 saturated heterocycles. The van der Waals surface area contributed by atoms with E-state index in [1.807, 2.05) is 6.92 Å². The number of hydrogen-bond acceptors (Lipinski definition) is 8. The monoisotopic (exact) mass is 568 g/mol. The number of amides is 3. The molecule has 2 aromatic rings. The molecule has 14 heteroatoms. The van der Waals surface area contributed by atoms with E-state index in [-0.39, 0.29) is 34.3 Å². The molecule has 41 heavy (non-hydrogen) atoms. The molecular formula is C27H32N6O8. The van der Waals surface area contributed by atoms with Gasteiger partial charge in [0.2, 0.25) is 6.79 Å². The van der Waals surface area contributed by atoms with Crippen molar-refractivity contribution in [1.29, 1.82) is 5.41 Å². The second-order valence-corrected chi connectivity index (χ2v) is 8.40. The molecule has 0 unspecified atom stereocenters. The number of rotatable bonds is 12. The molecule has 0 fully saturated rings. The number of carbonyl (C=O) groups is 5. The van der Waals surface area contributed by atoms with Crippen molar-refractivity contribution in [2.75, 3.05) is 24.8 Å². The molecule has 1 aromatic carbocycles. The van der Waals surface area contributed by atoms with Crippen molar-refractivity contribution in [2.24, 2.45) is 4.99 Å². The first-order valence-electron chi connectivity index (χ1n) is 12.5. The molecule has 0 spiro atoms. The normalized spacial score (nSPS) is 11.1. The van der Waals surface area contributed by atoms with Crippen molar-refractivity contribution in [3.05, 3.63) is 64.5 Å². The predicted molar refractivity (Wildman–Crippen MR) is 149 cm³/mol. The average molecular weight is 569 g/mol. The Kier molecular flexibility index (Phi) is 12.0. The highest BCUT2D eigenvalue weighted by Gasteiger charge is 2.30. The van der Waals surface area contributed by atoms with Gasteiger partial charge in [0.05, 0.1) is 16.9 Å². The summed E-state index contributed by atoms with van der Waals surface area (Å²) in [6.45, 7) is 6.88.